The van der Waals surface area contributed by atoms with Crippen LogP contribution >= 0.6 is 11.6 Å². The first-order valence-corrected chi connectivity index (χ1v) is 7.61. The van der Waals surface area contributed by atoms with Gasteiger partial charge in [-0.2, -0.15) is 4.98 Å². The van der Waals surface area contributed by atoms with Gasteiger partial charge in [-0.25, -0.2) is 4.98 Å². The predicted octanol–water partition coefficient (Wildman–Crippen LogP) is 3.15. The third-order valence-corrected chi connectivity index (χ3v) is 3.82. The molecule has 2 aromatic heterocycles. The first-order valence-electron chi connectivity index (χ1n) is 7.23. The first kappa shape index (κ1) is 14.6. The summed E-state index contributed by atoms with van der Waals surface area (Å²) >= 11 is 5.96. The van der Waals surface area contributed by atoms with E-state index in [9.17, 15) is 4.79 Å². The second-order valence-electron chi connectivity index (χ2n) is 5.22. The fourth-order valence-corrected chi connectivity index (χ4v) is 2.62. The van der Waals surface area contributed by atoms with Crippen molar-refractivity contribution in [2.24, 2.45) is 0 Å². The summed E-state index contributed by atoms with van der Waals surface area (Å²) in [4.78, 5) is 21.1. The molecule has 2 aromatic carbocycles. The molecule has 0 saturated carbocycles. The summed E-state index contributed by atoms with van der Waals surface area (Å²) in [5.74, 6) is 0.749. The van der Waals surface area contributed by atoms with Gasteiger partial charge in [-0.1, -0.05) is 35.0 Å². The molecule has 0 aliphatic carbocycles. The number of aromatic nitrogens is 4. The number of hydrogen-bond acceptors (Lipinski definition) is 5. The molecule has 0 fully saturated rings. The SMILES string of the molecule is O=c1c2ccccc2ncn1Cc1noc(-c2cccc(Cl)c2)n1. The number of benzene rings is 2. The summed E-state index contributed by atoms with van der Waals surface area (Å²) in [7, 11) is 0. The van der Waals surface area contributed by atoms with Crippen molar-refractivity contribution in [1.82, 2.24) is 19.7 Å². The minimum Gasteiger partial charge on any atom is -0.334 e. The van der Waals surface area contributed by atoms with Gasteiger partial charge in [-0.3, -0.25) is 9.36 Å². The van der Waals surface area contributed by atoms with Crippen molar-refractivity contribution in [1.29, 1.82) is 0 Å². The molecule has 0 unspecified atom stereocenters. The zero-order chi connectivity index (χ0) is 16.5. The molecule has 6 nitrogen and oxygen atoms in total. The van der Waals surface area contributed by atoms with E-state index >= 15 is 0 Å². The standard InChI is InChI=1S/C17H11ClN4O2/c18-12-5-3-4-11(8-12)16-20-15(21-24-16)9-22-10-19-14-7-2-1-6-13(14)17(22)23/h1-8,10H,9H2. The Morgan fingerprint density at radius 1 is 1.12 bits per heavy atom. The Morgan fingerprint density at radius 2 is 2.00 bits per heavy atom. The summed E-state index contributed by atoms with van der Waals surface area (Å²) in [5, 5.41) is 5.06. The second-order valence-corrected chi connectivity index (χ2v) is 5.66. The van der Waals surface area contributed by atoms with E-state index in [0.717, 1.165) is 5.56 Å². The van der Waals surface area contributed by atoms with Gasteiger partial charge in [-0.05, 0) is 30.3 Å². The van der Waals surface area contributed by atoms with Gasteiger partial charge < -0.3 is 4.52 Å². The topological polar surface area (TPSA) is 73.8 Å². The number of rotatable bonds is 3. The molecule has 24 heavy (non-hydrogen) atoms. The number of hydrogen-bond donors (Lipinski definition) is 0. The largest absolute Gasteiger partial charge is 0.334 e. The van der Waals surface area contributed by atoms with E-state index < -0.39 is 0 Å². The maximum atomic E-state index is 12.5. The van der Waals surface area contributed by atoms with Crippen LogP contribution in [0, 0.1) is 0 Å². The predicted molar refractivity (Wildman–Crippen MR) is 89.8 cm³/mol. The van der Waals surface area contributed by atoms with Gasteiger partial charge in [0.1, 0.15) is 0 Å². The molecule has 0 aliphatic heterocycles. The van der Waals surface area contributed by atoms with Crippen LogP contribution in [0.4, 0.5) is 0 Å². The van der Waals surface area contributed by atoms with Crippen molar-refractivity contribution in [3.05, 3.63) is 76.1 Å². The van der Waals surface area contributed by atoms with Crippen LogP contribution in [0.2, 0.25) is 5.02 Å². The van der Waals surface area contributed by atoms with Crippen LogP contribution < -0.4 is 5.56 Å². The number of nitrogens with zero attached hydrogens (tertiary/aromatic N) is 4. The fraction of sp³-hybridized carbons (Fsp3) is 0.0588. The van der Waals surface area contributed by atoms with Gasteiger partial charge in [0.15, 0.2) is 5.82 Å². The number of para-hydroxylation sites is 1. The van der Waals surface area contributed by atoms with Gasteiger partial charge in [0.25, 0.3) is 11.4 Å². The molecule has 118 valence electrons. The quantitative estimate of drug-likeness (QED) is 0.573. The van der Waals surface area contributed by atoms with Crippen LogP contribution in [0.3, 0.4) is 0 Å². The Labute approximate surface area is 141 Å². The van der Waals surface area contributed by atoms with Gasteiger partial charge in [0.05, 0.1) is 23.8 Å². The second kappa shape index (κ2) is 5.90. The van der Waals surface area contributed by atoms with Crippen LogP contribution in [0.25, 0.3) is 22.4 Å². The molecule has 4 aromatic rings. The molecule has 0 saturated heterocycles. The van der Waals surface area contributed by atoms with Gasteiger partial charge in [0.2, 0.25) is 0 Å². The Bertz CT molecular complexity index is 1090. The zero-order valence-electron chi connectivity index (χ0n) is 12.4. The molecule has 0 amide bonds. The van der Waals surface area contributed by atoms with Gasteiger partial charge >= 0.3 is 0 Å². The molecule has 7 heteroatoms. The van der Waals surface area contributed by atoms with Crippen molar-refractivity contribution < 1.29 is 4.52 Å². The highest BCUT2D eigenvalue weighted by atomic mass is 35.5. The first-order chi connectivity index (χ1) is 11.7. The molecule has 0 atom stereocenters. The van der Waals surface area contributed by atoms with Crippen LogP contribution in [0.1, 0.15) is 5.82 Å². The van der Waals surface area contributed by atoms with Crippen LogP contribution in [-0.2, 0) is 6.54 Å². The summed E-state index contributed by atoms with van der Waals surface area (Å²) in [6, 6.07) is 14.3. The van der Waals surface area contributed by atoms with Crippen molar-refractivity contribution in [3.63, 3.8) is 0 Å². The lowest BCUT2D eigenvalue weighted by Crippen LogP contribution is -2.21. The van der Waals surface area contributed by atoms with E-state index in [-0.39, 0.29) is 12.1 Å². The molecule has 0 spiro atoms. The summed E-state index contributed by atoms with van der Waals surface area (Å²) in [6.07, 6.45) is 1.49. The van der Waals surface area contributed by atoms with Crippen molar-refractivity contribution in [2.75, 3.05) is 0 Å². The average Bonchev–Trinajstić information content (AvgIpc) is 3.06. The molecule has 0 N–H and O–H groups in total. The third-order valence-electron chi connectivity index (χ3n) is 3.58. The van der Waals surface area contributed by atoms with Gasteiger partial charge in [0, 0.05) is 10.6 Å². The fourth-order valence-electron chi connectivity index (χ4n) is 2.43. The molecular formula is C17H11ClN4O2. The Hall–Kier alpha value is -2.99. The maximum absolute atomic E-state index is 12.5. The maximum Gasteiger partial charge on any atom is 0.261 e. The number of fused-ring (bicyclic) bond motifs is 1. The normalized spacial score (nSPS) is 11.0. The monoisotopic (exact) mass is 338 g/mol. The highest BCUT2D eigenvalue weighted by molar-refractivity contribution is 6.30. The van der Waals surface area contributed by atoms with E-state index in [1.165, 1.54) is 10.9 Å². The Kier molecular flexibility index (Phi) is 3.59. The molecule has 0 radical (unpaired) electrons. The minimum absolute atomic E-state index is 0.144. The minimum atomic E-state index is -0.144. The molecule has 2 heterocycles. The van der Waals surface area contributed by atoms with Crippen molar-refractivity contribution in [2.45, 2.75) is 6.54 Å². The molecular weight excluding hydrogens is 328 g/mol. The lowest BCUT2D eigenvalue weighted by Gasteiger charge is -2.03. The van der Waals surface area contributed by atoms with Crippen LogP contribution in [-0.4, -0.2) is 19.7 Å². The summed E-state index contributed by atoms with van der Waals surface area (Å²) in [5.41, 5.74) is 1.24. The van der Waals surface area contributed by atoms with E-state index in [1.807, 2.05) is 12.1 Å². The Morgan fingerprint density at radius 3 is 2.88 bits per heavy atom. The van der Waals surface area contributed by atoms with E-state index in [2.05, 4.69) is 15.1 Å². The van der Waals surface area contributed by atoms with Gasteiger partial charge in [-0.15, -0.1) is 0 Å². The smallest absolute Gasteiger partial charge is 0.261 e. The average molecular weight is 339 g/mol. The molecule has 0 aliphatic rings. The van der Waals surface area contributed by atoms with Crippen LogP contribution in [0.5, 0.6) is 0 Å². The molecule has 0 bridgehead atoms. The van der Waals surface area contributed by atoms with E-state index in [0.29, 0.717) is 27.6 Å². The van der Waals surface area contributed by atoms with Crippen molar-refractivity contribution in [3.8, 4) is 11.5 Å². The lowest BCUT2D eigenvalue weighted by atomic mass is 10.2. The van der Waals surface area contributed by atoms with Crippen molar-refractivity contribution >= 4 is 22.5 Å². The van der Waals surface area contributed by atoms with Crippen LogP contribution in [0.15, 0.2) is 64.2 Å². The summed E-state index contributed by atoms with van der Waals surface area (Å²) in [6.45, 7) is 0.181. The highest BCUT2D eigenvalue weighted by Gasteiger charge is 2.11. The van der Waals surface area contributed by atoms with E-state index in [1.54, 1.807) is 36.4 Å². The van der Waals surface area contributed by atoms with E-state index in [4.69, 9.17) is 16.1 Å². The zero-order valence-corrected chi connectivity index (χ0v) is 13.1. The number of halogens is 1. The summed E-state index contributed by atoms with van der Waals surface area (Å²) < 4.78 is 6.70. The lowest BCUT2D eigenvalue weighted by molar-refractivity contribution is 0.420. The highest BCUT2D eigenvalue weighted by Crippen LogP contribution is 2.21. The Balaban J connectivity index is 1.67. The molecule has 4 rings (SSSR count). The third kappa shape index (κ3) is 2.68.